The molecule has 0 aliphatic carbocycles. The molecular formula is C23H24FN7O. The zero-order valence-electron chi connectivity index (χ0n) is 17.9. The van der Waals surface area contributed by atoms with Crippen LogP contribution in [-0.2, 0) is 11.2 Å². The number of halogens is 1. The Morgan fingerprint density at radius 1 is 1.03 bits per heavy atom. The van der Waals surface area contributed by atoms with Crippen LogP contribution in [0.15, 0.2) is 36.8 Å². The van der Waals surface area contributed by atoms with Crippen molar-refractivity contribution in [2.75, 3.05) is 30.0 Å². The maximum Gasteiger partial charge on any atom is 0.216 e. The molecule has 6 rings (SSSR count). The van der Waals surface area contributed by atoms with Crippen LogP contribution in [0.4, 0.5) is 15.9 Å². The second-order valence-corrected chi connectivity index (χ2v) is 8.65. The lowest BCUT2D eigenvalue weighted by Crippen LogP contribution is -2.52. The third kappa shape index (κ3) is 3.28. The number of methoxy groups -OCH3 is 1. The summed E-state index contributed by atoms with van der Waals surface area (Å²) < 4.78 is 19.9. The van der Waals surface area contributed by atoms with Crippen LogP contribution in [0.2, 0.25) is 0 Å². The Labute approximate surface area is 185 Å². The molecule has 0 amide bonds. The van der Waals surface area contributed by atoms with Crippen molar-refractivity contribution in [2.45, 2.75) is 43.9 Å². The molecule has 0 saturated carbocycles. The Bertz CT molecular complexity index is 1140. The highest BCUT2D eigenvalue weighted by atomic mass is 19.1. The standard InChI is InChI=1S/C23H24FN7O/c1-32-16-12-30(13-16)15-9-20(24)29-21(10-15)31-14-4-2-5-19(31)17-11-27-23(28-18(17)8-14)22-25-6-3-7-26-22/h3,6-7,9-11,14,16,19H,2,4-5,8,12-13H2,1H3/t14-,19+/m0/s1. The minimum atomic E-state index is -0.449. The molecule has 32 heavy (non-hydrogen) atoms. The van der Waals surface area contributed by atoms with Gasteiger partial charge in [0, 0.05) is 74.6 Å². The maximum absolute atomic E-state index is 14.6. The van der Waals surface area contributed by atoms with Crippen LogP contribution in [0.25, 0.3) is 11.6 Å². The molecule has 2 atom stereocenters. The zero-order valence-corrected chi connectivity index (χ0v) is 17.9. The van der Waals surface area contributed by atoms with Crippen LogP contribution < -0.4 is 9.80 Å². The summed E-state index contributed by atoms with van der Waals surface area (Å²) in [5.41, 5.74) is 2.99. The SMILES string of the molecule is COC1CN(c2cc(F)nc(N3[C@H]4CCC[C@@H]3c3cnc(-c5ncccn5)nc3C4)c2)C1. The number of ether oxygens (including phenoxy) is 1. The fourth-order valence-electron chi connectivity index (χ4n) is 5.13. The van der Waals surface area contributed by atoms with Gasteiger partial charge < -0.3 is 14.5 Å². The van der Waals surface area contributed by atoms with E-state index >= 15 is 0 Å². The van der Waals surface area contributed by atoms with Crippen molar-refractivity contribution in [3.05, 3.63) is 54.0 Å². The minimum absolute atomic E-state index is 0.0912. The fourth-order valence-corrected chi connectivity index (χ4v) is 5.13. The van der Waals surface area contributed by atoms with Gasteiger partial charge in [-0.25, -0.2) is 24.9 Å². The summed E-state index contributed by atoms with van der Waals surface area (Å²) in [7, 11) is 1.71. The van der Waals surface area contributed by atoms with E-state index in [0.29, 0.717) is 17.5 Å². The molecule has 2 bridgehead atoms. The van der Waals surface area contributed by atoms with Crippen molar-refractivity contribution in [1.82, 2.24) is 24.9 Å². The van der Waals surface area contributed by atoms with E-state index in [1.807, 2.05) is 12.3 Å². The van der Waals surface area contributed by atoms with E-state index in [2.05, 4.69) is 29.7 Å². The van der Waals surface area contributed by atoms with Gasteiger partial charge >= 0.3 is 0 Å². The number of aromatic nitrogens is 5. The summed E-state index contributed by atoms with van der Waals surface area (Å²) in [6.07, 6.45) is 9.39. The minimum Gasteiger partial charge on any atom is -0.378 e. The Hall–Kier alpha value is -3.20. The Kier molecular flexibility index (Phi) is 4.71. The van der Waals surface area contributed by atoms with Gasteiger partial charge in [0.2, 0.25) is 5.95 Å². The van der Waals surface area contributed by atoms with Crippen molar-refractivity contribution in [2.24, 2.45) is 0 Å². The highest BCUT2D eigenvalue weighted by Gasteiger charge is 2.40. The third-order valence-electron chi connectivity index (χ3n) is 6.77. The summed E-state index contributed by atoms with van der Waals surface area (Å²) in [5.74, 6) is 1.32. The van der Waals surface area contributed by atoms with Crippen molar-refractivity contribution < 1.29 is 9.13 Å². The first-order valence-electron chi connectivity index (χ1n) is 11.1. The van der Waals surface area contributed by atoms with Gasteiger partial charge in [-0.15, -0.1) is 0 Å². The highest BCUT2D eigenvalue weighted by Crippen LogP contribution is 2.44. The van der Waals surface area contributed by atoms with Crippen LogP contribution >= 0.6 is 0 Å². The number of piperidine rings is 1. The molecule has 0 N–H and O–H groups in total. The summed E-state index contributed by atoms with van der Waals surface area (Å²) in [6.45, 7) is 1.54. The molecule has 164 valence electrons. The zero-order chi connectivity index (χ0) is 21.7. The number of hydrogen-bond acceptors (Lipinski definition) is 8. The van der Waals surface area contributed by atoms with E-state index in [9.17, 15) is 4.39 Å². The molecule has 6 heterocycles. The van der Waals surface area contributed by atoms with Gasteiger partial charge in [-0.05, 0) is 25.3 Å². The Morgan fingerprint density at radius 3 is 2.69 bits per heavy atom. The van der Waals surface area contributed by atoms with E-state index in [4.69, 9.17) is 9.72 Å². The van der Waals surface area contributed by atoms with Gasteiger partial charge in [-0.2, -0.15) is 4.39 Å². The predicted octanol–water partition coefficient (Wildman–Crippen LogP) is 2.96. The quantitative estimate of drug-likeness (QED) is 0.581. The molecule has 0 radical (unpaired) electrons. The number of rotatable bonds is 4. The lowest BCUT2D eigenvalue weighted by Gasteiger charge is -2.47. The number of pyridine rings is 1. The normalized spacial score (nSPS) is 22.4. The first kappa shape index (κ1) is 19.5. The van der Waals surface area contributed by atoms with Gasteiger partial charge in [-0.1, -0.05) is 0 Å². The topological polar surface area (TPSA) is 80.2 Å². The van der Waals surface area contributed by atoms with E-state index in [-0.39, 0.29) is 18.2 Å². The molecule has 0 unspecified atom stereocenters. The Morgan fingerprint density at radius 2 is 1.88 bits per heavy atom. The molecule has 0 aromatic carbocycles. The van der Waals surface area contributed by atoms with Crippen molar-refractivity contribution >= 4 is 11.5 Å². The lowest BCUT2D eigenvalue weighted by atomic mass is 9.82. The number of anilines is 2. The number of nitrogens with zero attached hydrogens (tertiary/aromatic N) is 7. The summed E-state index contributed by atoms with van der Waals surface area (Å²) in [5, 5.41) is 0. The first-order chi connectivity index (χ1) is 15.7. The molecule has 3 aromatic rings. The molecule has 3 aromatic heterocycles. The van der Waals surface area contributed by atoms with E-state index in [0.717, 1.165) is 55.7 Å². The fraction of sp³-hybridized carbons (Fsp3) is 0.435. The van der Waals surface area contributed by atoms with E-state index < -0.39 is 5.95 Å². The average molecular weight is 433 g/mol. The third-order valence-corrected chi connectivity index (χ3v) is 6.77. The number of hydrogen-bond donors (Lipinski definition) is 0. The molecule has 3 aliphatic heterocycles. The maximum atomic E-state index is 14.6. The second kappa shape index (κ2) is 7.74. The van der Waals surface area contributed by atoms with E-state index in [1.165, 1.54) is 6.07 Å². The molecule has 0 spiro atoms. The van der Waals surface area contributed by atoms with Crippen LogP contribution in [0.3, 0.4) is 0 Å². The first-order valence-corrected chi connectivity index (χ1v) is 11.1. The molecule has 2 fully saturated rings. The van der Waals surface area contributed by atoms with Gasteiger partial charge in [0.25, 0.3) is 0 Å². The molecule has 9 heteroatoms. The summed E-state index contributed by atoms with van der Waals surface area (Å²) in [4.78, 5) is 26.7. The van der Waals surface area contributed by atoms with Crippen molar-refractivity contribution in [3.63, 3.8) is 0 Å². The van der Waals surface area contributed by atoms with Crippen molar-refractivity contribution in [1.29, 1.82) is 0 Å². The van der Waals surface area contributed by atoms with Gasteiger partial charge in [-0.3, -0.25) is 0 Å². The van der Waals surface area contributed by atoms with Crippen LogP contribution in [0.5, 0.6) is 0 Å². The van der Waals surface area contributed by atoms with Gasteiger partial charge in [0.1, 0.15) is 5.82 Å². The number of fused-ring (bicyclic) bond motifs is 4. The molecular weight excluding hydrogens is 409 g/mol. The Balaban J connectivity index is 1.34. The van der Waals surface area contributed by atoms with Crippen LogP contribution in [0, 0.1) is 5.95 Å². The monoisotopic (exact) mass is 433 g/mol. The summed E-state index contributed by atoms with van der Waals surface area (Å²) >= 11 is 0. The summed E-state index contributed by atoms with van der Waals surface area (Å²) in [6, 6.07) is 5.62. The molecule has 2 saturated heterocycles. The smallest absolute Gasteiger partial charge is 0.216 e. The largest absolute Gasteiger partial charge is 0.378 e. The van der Waals surface area contributed by atoms with E-state index in [1.54, 1.807) is 25.6 Å². The van der Waals surface area contributed by atoms with Crippen molar-refractivity contribution in [3.8, 4) is 11.6 Å². The molecule has 3 aliphatic rings. The molecule has 8 nitrogen and oxygen atoms in total. The average Bonchev–Trinajstić information content (AvgIpc) is 2.78. The van der Waals surface area contributed by atoms with Gasteiger partial charge in [0.05, 0.1) is 17.8 Å². The van der Waals surface area contributed by atoms with Gasteiger partial charge in [0.15, 0.2) is 11.6 Å². The van der Waals surface area contributed by atoms with Crippen LogP contribution in [-0.4, -0.2) is 57.3 Å². The second-order valence-electron chi connectivity index (χ2n) is 8.65. The predicted molar refractivity (Wildman–Crippen MR) is 117 cm³/mol. The van der Waals surface area contributed by atoms with Crippen LogP contribution in [0.1, 0.15) is 36.6 Å². The lowest BCUT2D eigenvalue weighted by molar-refractivity contribution is 0.0787. The highest BCUT2D eigenvalue weighted by molar-refractivity contribution is 5.59.